The molecule has 0 aliphatic heterocycles. The summed E-state index contributed by atoms with van der Waals surface area (Å²) in [5.74, 6) is 0. The molecule has 0 fully saturated rings. The van der Waals surface area contributed by atoms with Crippen LogP contribution in [0.5, 0.6) is 0 Å². The molecule has 0 bridgehead atoms. The molecule has 1 aromatic carbocycles. The summed E-state index contributed by atoms with van der Waals surface area (Å²) < 4.78 is 71.6. The fraction of sp³-hybridized carbons (Fsp3) is 0.750. The molecule has 12 heteroatoms. The molecule has 0 saturated carbocycles. The number of benzene rings is 1. The summed E-state index contributed by atoms with van der Waals surface area (Å²) in [6.45, 7) is 9.63. The zero-order chi connectivity index (χ0) is 26.0. The summed E-state index contributed by atoms with van der Waals surface area (Å²) >= 11 is 0. The second kappa shape index (κ2) is 24.2. The van der Waals surface area contributed by atoms with Gasteiger partial charge in [-0.05, 0) is 19.1 Å². The molecule has 0 aromatic heterocycles. The maximum Gasteiger partial charge on any atom is 0.297 e. The van der Waals surface area contributed by atoms with E-state index >= 15 is 0 Å². The highest BCUT2D eigenvalue weighted by molar-refractivity contribution is 7.86. The van der Waals surface area contributed by atoms with E-state index in [-0.39, 0.29) is 18.1 Å². The quantitative estimate of drug-likeness (QED) is 0.120. The standard InChI is InChI=1S/C24H42O11S/c1-2-27-8-9-28-10-11-29-12-13-30-14-15-31-16-17-32-18-19-33-20-21-34-22-23-35-36(25,26)24-6-4-3-5-7-24/h3-7H,2,8-23H2,1H3. The Morgan fingerprint density at radius 2 is 0.778 bits per heavy atom. The molecule has 0 N–H and O–H groups in total. The molecule has 0 atom stereocenters. The van der Waals surface area contributed by atoms with Gasteiger partial charge >= 0.3 is 0 Å². The molecule has 210 valence electrons. The lowest BCUT2D eigenvalue weighted by atomic mass is 10.4. The van der Waals surface area contributed by atoms with Crippen molar-refractivity contribution in [3.05, 3.63) is 30.3 Å². The number of rotatable bonds is 27. The second-order valence-electron chi connectivity index (χ2n) is 7.07. The molecule has 0 radical (unpaired) electrons. The molecular weight excluding hydrogens is 496 g/mol. The molecule has 0 heterocycles. The highest BCUT2D eigenvalue weighted by Gasteiger charge is 2.13. The number of ether oxygens (including phenoxy) is 8. The Kier molecular flexibility index (Phi) is 22.0. The van der Waals surface area contributed by atoms with E-state index in [0.717, 1.165) is 0 Å². The Morgan fingerprint density at radius 1 is 0.472 bits per heavy atom. The summed E-state index contributed by atoms with van der Waals surface area (Å²) in [4.78, 5) is 0.125. The third-order valence-electron chi connectivity index (χ3n) is 4.31. The van der Waals surface area contributed by atoms with E-state index in [4.69, 9.17) is 42.1 Å². The summed E-state index contributed by atoms with van der Waals surface area (Å²) in [7, 11) is -3.75. The van der Waals surface area contributed by atoms with Crippen molar-refractivity contribution >= 4 is 10.1 Å². The van der Waals surface area contributed by atoms with Gasteiger partial charge in [-0.15, -0.1) is 0 Å². The normalized spacial score (nSPS) is 11.8. The third kappa shape index (κ3) is 19.9. The van der Waals surface area contributed by atoms with Crippen molar-refractivity contribution < 1.29 is 50.5 Å². The molecule has 0 saturated heterocycles. The topological polar surface area (TPSA) is 117 Å². The van der Waals surface area contributed by atoms with Crippen LogP contribution in [0.2, 0.25) is 0 Å². The fourth-order valence-electron chi connectivity index (χ4n) is 2.54. The van der Waals surface area contributed by atoms with Gasteiger partial charge in [-0.2, -0.15) is 8.42 Å². The first-order chi connectivity index (χ1) is 17.7. The van der Waals surface area contributed by atoms with E-state index in [9.17, 15) is 8.42 Å². The average molecular weight is 539 g/mol. The molecule has 0 aliphatic carbocycles. The molecule has 0 amide bonds. The smallest absolute Gasteiger partial charge is 0.297 e. The predicted molar refractivity (Wildman–Crippen MR) is 132 cm³/mol. The zero-order valence-electron chi connectivity index (χ0n) is 21.3. The SMILES string of the molecule is CCOCCOCCOCCOCCOCCOCCOCCOCCOS(=O)(=O)c1ccccc1. The molecule has 1 aromatic rings. The molecule has 0 spiro atoms. The highest BCUT2D eigenvalue weighted by atomic mass is 32.2. The first kappa shape index (κ1) is 32.8. The van der Waals surface area contributed by atoms with Crippen molar-refractivity contribution in [2.24, 2.45) is 0 Å². The first-order valence-corrected chi connectivity index (χ1v) is 13.6. The lowest BCUT2D eigenvalue weighted by Gasteiger charge is -2.09. The number of hydrogen-bond donors (Lipinski definition) is 0. The monoisotopic (exact) mass is 538 g/mol. The van der Waals surface area contributed by atoms with Gasteiger partial charge in [0.25, 0.3) is 10.1 Å². The molecule has 11 nitrogen and oxygen atoms in total. The van der Waals surface area contributed by atoms with Crippen LogP contribution in [0.1, 0.15) is 6.92 Å². The zero-order valence-corrected chi connectivity index (χ0v) is 22.1. The number of hydrogen-bond acceptors (Lipinski definition) is 11. The van der Waals surface area contributed by atoms with Gasteiger partial charge in [0.2, 0.25) is 0 Å². The van der Waals surface area contributed by atoms with E-state index < -0.39 is 10.1 Å². The van der Waals surface area contributed by atoms with Gasteiger partial charge in [-0.25, -0.2) is 0 Å². The Hall–Kier alpha value is -1.19. The van der Waals surface area contributed by atoms with Crippen LogP contribution in [-0.2, 0) is 52.2 Å². The van der Waals surface area contributed by atoms with E-state index in [2.05, 4.69) is 0 Å². The Bertz CT molecular complexity index is 689. The van der Waals surface area contributed by atoms with Crippen molar-refractivity contribution in [3.8, 4) is 0 Å². The van der Waals surface area contributed by atoms with Crippen LogP contribution in [0.4, 0.5) is 0 Å². The van der Waals surface area contributed by atoms with Crippen LogP contribution in [0.3, 0.4) is 0 Å². The molecule has 1 rings (SSSR count). The molecular formula is C24H42O11S. The summed E-state index contributed by atoms with van der Waals surface area (Å²) in [6, 6.07) is 7.98. The van der Waals surface area contributed by atoms with Crippen LogP contribution in [0.15, 0.2) is 35.2 Å². The highest BCUT2D eigenvalue weighted by Crippen LogP contribution is 2.10. The minimum absolute atomic E-state index is 0.0513. The predicted octanol–water partition coefficient (Wildman–Crippen LogP) is 1.54. The Balaban J connectivity index is 1.72. The Morgan fingerprint density at radius 3 is 1.11 bits per heavy atom. The fourth-order valence-corrected chi connectivity index (χ4v) is 3.46. The van der Waals surface area contributed by atoms with E-state index in [1.807, 2.05) is 6.92 Å². The van der Waals surface area contributed by atoms with Crippen LogP contribution in [-0.4, -0.2) is 121 Å². The van der Waals surface area contributed by atoms with Gasteiger partial charge in [0.1, 0.15) is 0 Å². The van der Waals surface area contributed by atoms with Crippen LogP contribution in [0.25, 0.3) is 0 Å². The van der Waals surface area contributed by atoms with E-state index in [1.165, 1.54) is 12.1 Å². The van der Waals surface area contributed by atoms with Gasteiger partial charge in [-0.1, -0.05) is 18.2 Å². The minimum Gasteiger partial charge on any atom is -0.379 e. The molecule has 0 unspecified atom stereocenters. The van der Waals surface area contributed by atoms with E-state index in [1.54, 1.807) is 18.2 Å². The third-order valence-corrected chi connectivity index (χ3v) is 5.63. The molecule has 0 aliphatic rings. The summed E-state index contributed by atoms with van der Waals surface area (Å²) in [6.07, 6.45) is 0. The van der Waals surface area contributed by atoms with Gasteiger partial charge in [0, 0.05) is 6.61 Å². The van der Waals surface area contributed by atoms with Crippen LogP contribution in [0, 0.1) is 0 Å². The maximum atomic E-state index is 11.9. The lowest BCUT2D eigenvalue weighted by molar-refractivity contribution is -0.0233. The van der Waals surface area contributed by atoms with Crippen molar-refractivity contribution in [2.75, 3.05) is 112 Å². The van der Waals surface area contributed by atoms with Crippen molar-refractivity contribution in [1.29, 1.82) is 0 Å². The largest absolute Gasteiger partial charge is 0.379 e. The van der Waals surface area contributed by atoms with Crippen LogP contribution >= 0.6 is 0 Å². The van der Waals surface area contributed by atoms with Gasteiger partial charge < -0.3 is 37.9 Å². The second-order valence-corrected chi connectivity index (χ2v) is 8.69. The van der Waals surface area contributed by atoms with Crippen molar-refractivity contribution in [3.63, 3.8) is 0 Å². The maximum absolute atomic E-state index is 11.9. The van der Waals surface area contributed by atoms with Gasteiger partial charge in [-0.3, -0.25) is 4.18 Å². The van der Waals surface area contributed by atoms with Gasteiger partial charge in [0.15, 0.2) is 0 Å². The average Bonchev–Trinajstić information content (AvgIpc) is 2.89. The van der Waals surface area contributed by atoms with E-state index in [0.29, 0.717) is 99.1 Å². The Labute approximate surface area is 215 Å². The van der Waals surface area contributed by atoms with Crippen molar-refractivity contribution in [1.82, 2.24) is 0 Å². The first-order valence-electron chi connectivity index (χ1n) is 12.2. The molecule has 36 heavy (non-hydrogen) atoms. The lowest BCUT2D eigenvalue weighted by Crippen LogP contribution is -2.15. The summed E-state index contributed by atoms with van der Waals surface area (Å²) in [5.41, 5.74) is 0. The van der Waals surface area contributed by atoms with Gasteiger partial charge in [0.05, 0.1) is 111 Å². The van der Waals surface area contributed by atoms with Crippen molar-refractivity contribution in [2.45, 2.75) is 11.8 Å². The minimum atomic E-state index is -3.75. The summed E-state index contributed by atoms with van der Waals surface area (Å²) in [5, 5.41) is 0. The van der Waals surface area contributed by atoms with Crippen LogP contribution < -0.4 is 0 Å².